The van der Waals surface area contributed by atoms with Gasteiger partial charge >= 0.3 is 6.18 Å². The van der Waals surface area contributed by atoms with E-state index in [-0.39, 0.29) is 36.0 Å². The minimum atomic E-state index is -4.81. The Labute approximate surface area is 290 Å². The number of amides is 4. The standard InChI is InChI=1S/C36H32ClF3N4O6/c1-4-50-25-12-8-11-21(29(25)45)28-19-13-14-20-27(22(19)17-23-32(47)43(34(49)35(23,28)2)18-9-6-5-7-10-18)33(48)44(31(20)46)42(3)30-24(37)15-16-26(41-30)36(38,39)40/h5-13,15-16,20,22-23,27-28,45H,4,14,17H2,1-3H3. The quantitative estimate of drug-likeness (QED) is 0.240. The van der Waals surface area contributed by atoms with Crippen LogP contribution in [0.25, 0.3) is 0 Å². The van der Waals surface area contributed by atoms with E-state index in [1.165, 1.54) is 7.05 Å². The summed E-state index contributed by atoms with van der Waals surface area (Å²) in [5, 5.41) is 13.1. The Balaban J connectivity index is 1.34. The largest absolute Gasteiger partial charge is 0.504 e. The zero-order chi connectivity index (χ0) is 35.9. The van der Waals surface area contributed by atoms with Crippen molar-refractivity contribution in [2.24, 2.45) is 29.1 Å². The first-order valence-corrected chi connectivity index (χ1v) is 16.5. The molecule has 6 atom stereocenters. The number of aromatic nitrogens is 1. The number of hydrazine groups is 1. The number of pyridine rings is 1. The lowest BCUT2D eigenvalue weighted by atomic mass is 9.51. The first-order valence-electron chi connectivity index (χ1n) is 16.1. The number of hydrogen-bond donors (Lipinski definition) is 1. The number of imide groups is 2. The van der Waals surface area contributed by atoms with Gasteiger partial charge in [0.1, 0.15) is 5.69 Å². The van der Waals surface area contributed by atoms with Crippen LogP contribution in [0.5, 0.6) is 11.5 Å². The van der Waals surface area contributed by atoms with Crippen LogP contribution >= 0.6 is 11.6 Å². The Kier molecular flexibility index (Phi) is 7.96. The molecule has 260 valence electrons. The number of carbonyl (C=O) groups excluding carboxylic acids is 4. The number of ether oxygens (including phenoxy) is 1. The Hall–Kier alpha value is -4.91. The molecule has 50 heavy (non-hydrogen) atoms. The maximum absolute atomic E-state index is 14.6. The van der Waals surface area contributed by atoms with E-state index in [4.69, 9.17) is 16.3 Å². The van der Waals surface area contributed by atoms with Crippen molar-refractivity contribution in [3.8, 4) is 11.5 Å². The van der Waals surface area contributed by atoms with Crippen LogP contribution in [0.15, 0.2) is 72.3 Å². The number of halogens is 4. The van der Waals surface area contributed by atoms with Gasteiger partial charge in [-0.15, -0.1) is 0 Å². The summed E-state index contributed by atoms with van der Waals surface area (Å²) in [6, 6.07) is 15.1. The second-order valence-corrected chi connectivity index (χ2v) is 13.5. The van der Waals surface area contributed by atoms with Gasteiger partial charge in [0, 0.05) is 18.5 Å². The Morgan fingerprint density at radius 1 is 1.00 bits per heavy atom. The van der Waals surface area contributed by atoms with Crippen molar-refractivity contribution < 1.29 is 42.2 Å². The molecule has 2 aliphatic heterocycles. The number of anilines is 2. The van der Waals surface area contributed by atoms with Gasteiger partial charge < -0.3 is 9.84 Å². The van der Waals surface area contributed by atoms with Gasteiger partial charge in [-0.3, -0.25) is 24.2 Å². The minimum absolute atomic E-state index is 0.0406. The number of phenols is 1. The van der Waals surface area contributed by atoms with E-state index in [1.807, 2.05) is 0 Å². The molecule has 3 fully saturated rings. The lowest BCUT2D eigenvalue weighted by Crippen LogP contribution is -2.49. The normalized spacial score (nSPS) is 27.6. The van der Waals surface area contributed by atoms with Gasteiger partial charge in [0.25, 0.3) is 11.8 Å². The summed E-state index contributed by atoms with van der Waals surface area (Å²) in [6.07, 6.45) is -2.89. The van der Waals surface area contributed by atoms with E-state index >= 15 is 0 Å². The minimum Gasteiger partial charge on any atom is -0.504 e. The number of alkyl halides is 3. The van der Waals surface area contributed by atoms with Gasteiger partial charge in [-0.1, -0.05) is 53.6 Å². The summed E-state index contributed by atoms with van der Waals surface area (Å²) in [4.78, 5) is 62.0. The highest BCUT2D eigenvalue weighted by Gasteiger charge is 2.68. The van der Waals surface area contributed by atoms with Crippen LogP contribution in [-0.4, -0.2) is 52.4 Å². The fourth-order valence-corrected chi connectivity index (χ4v) is 8.64. The molecular formula is C36H32ClF3N4O6. The fourth-order valence-electron chi connectivity index (χ4n) is 8.42. The molecule has 1 saturated carbocycles. The lowest BCUT2D eigenvalue weighted by Gasteiger charge is -2.49. The fraction of sp³-hybridized carbons (Fsp3) is 0.361. The van der Waals surface area contributed by atoms with Crippen LogP contribution in [0, 0.1) is 29.1 Å². The molecule has 4 aliphatic rings. The van der Waals surface area contributed by atoms with Gasteiger partial charge in [-0.25, -0.2) is 9.88 Å². The number of benzene rings is 2. The van der Waals surface area contributed by atoms with E-state index in [2.05, 4.69) is 4.98 Å². The number of nitrogens with zero attached hydrogens (tertiary/aromatic N) is 4. The van der Waals surface area contributed by atoms with Crippen LogP contribution in [0.2, 0.25) is 5.02 Å². The predicted molar refractivity (Wildman–Crippen MR) is 175 cm³/mol. The van der Waals surface area contributed by atoms with Crippen LogP contribution in [0.3, 0.4) is 0 Å². The number of aromatic hydroxyl groups is 1. The second kappa shape index (κ2) is 11.9. The number of hydrogen-bond acceptors (Lipinski definition) is 8. The molecule has 10 nitrogen and oxygen atoms in total. The second-order valence-electron chi connectivity index (χ2n) is 13.1. The summed E-state index contributed by atoms with van der Waals surface area (Å²) < 4.78 is 46.4. The number of phenolic OH excluding ortho intramolecular Hbond substituents is 1. The van der Waals surface area contributed by atoms with E-state index in [0.717, 1.165) is 21.0 Å². The van der Waals surface area contributed by atoms with Crippen molar-refractivity contribution in [1.82, 2.24) is 9.99 Å². The summed E-state index contributed by atoms with van der Waals surface area (Å²) in [7, 11) is 1.24. The smallest absolute Gasteiger partial charge is 0.433 e. The molecule has 1 aromatic heterocycles. The number of carbonyl (C=O) groups is 4. The molecule has 0 spiro atoms. The van der Waals surface area contributed by atoms with Crippen molar-refractivity contribution in [3.63, 3.8) is 0 Å². The zero-order valence-electron chi connectivity index (χ0n) is 27.1. The zero-order valence-corrected chi connectivity index (χ0v) is 27.9. The molecule has 2 aliphatic carbocycles. The van der Waals surface area contributed by atoms with Gasteiger partial charge in [0.2, 0.25) is 11.8 Å². The maximum atomic E-state index is 14.6. The van der Waals surface area contributed by atoms with Crippen LogP contribution in [0.4, 0.5) is 24.7 Å². The summed E-state index contributed by atoms with van der Waals surface area (Å²) >= 11 is 6.25. The highest BCUT2D eigenvalue weighted by molar-refractivity contribution is 6.33. The molecule has 0 bridgehead atoms. The molecule has 7 rings (SSSR count). The molecule has 2 saturated heterocycles. The third-order valence-corrected chi connectivity index (χ3v) is 10.9. The van der Waals surface area contributed by atoms with Crippen molar-refractivity contribution in [1.29, 1.82) is 0 Å². The highest BCUT2D eigenvalue weighted by Crippen LogP contribution is 2.65. The van der Waals surface area contributed by atoms with Crippen molar-refractivity contribution >= 4 is 46.7 Å². The van der Waals surface area contributed by atoms with Gasteiger partial charge in [-0.05, 0) is 62.9 Å². The van der Waals surface area contributed by atoms with Gasteiger partial charge in [0.15, 0.2) is 17.3 Å². The van der Waals surface area contributed by atoms with E-state index in [0.29, 0.717) is 22.9 Å². The number of para-hydroxylation sites is 2. The average molecular weight is 709 g/mol. The first kappa shape index (κ1) is 33.6. The van der Waals surface area contributed by atoms with E-state index < -0.39 is 76.3 Å². The first-order chi connectivity index (χ1) is 23.7. The molecule has 6 unspecified atom stereocenters. The SMILES string of the molecule is CCOc1cccc(C2C3=CCC4C(=O)N(N(C)c5nc(C(F)(F)F)ccc5Cl)C(=O)C4C3CC3C(=O)N(c4ccccc4)C(=O)C32C)c1O. The molecule has 1 N–H and O–H groups in total. The topological polar surface area (TPSA) is 120 Å². The molecule has 14 heteroatoms. The number of rotatable bonds is 6. The Bertz CT molecular complexity index is 1970. The molecular weight excluding hydrogens is 677 g/mol. The van der Waals surface area contributed by atoms with Gasteiger partial charge in [0.05, 0.1) is 40.5 Å². The Morgan fingerprint density at radius 3 is 2.40 bits per heavy atom. The predicted octanol–water partition coefficient (Wildman–Crippen LogP) is 6.14. The average Bonchev–Trinajstić information content (AvgIpc) is 3.45. The Morgan fingerprint density at radius 2 is 1.72 bits per heavy atom. The monoisotopic (exact) mass is 708 g/mol. The summed E-state index contributed by atoms with van der Waals surface area (Å²) in [6.45, 7) is 3.71. The number of allylic oxidation sites excluding steroid dienone is 2. The third kappa shape index (κ3) is 4.80. The van der Waals surface area contributed by atoms with Crippen LogP contribution < -0.4 is 14.6 Å². The molecule has 4 amide bonds. The molecule has 3 aromatic rings. The van der Waals surface area contributed by atoms with Gasteiger partial charge in [-0.2, -0.15) is 18.2 Å². The van der Waals surface area contributed by atoms with Crippen molar-refractivity contribution in [2.75, 3.05) is 23.6 Å². The van der Waals surface area contributed by atoms with E-state index in [9.17, 15) is 37.5 Å². The number of fused-ring (bicyclic) bond motifs is 4. The lowest BCUT2D eigenvalue weighted by molar-refractivity contribution is -0.141. The third-order valence-electron chi connectivity index (χ3n) is 10.6. The molecule has 2 aromatic carbocycles. The van der Waals surface area contributed by atoms with Crippen molar-refractivity contribution in [2.45, 2.75) is 38.8 Å². The molecule has 3 heterocycles. The van der Waals surface area contributed by atoms with E-state index in [1.54, 1.807) is 68.5 Å². The summed E-state index contributed by atoms with van der Waals surface area (Å²) in [5.41, 5.74) is -1.32. The highest BCUT2D eigenvalue weighted by atomic mass is 35.5. The molecule has 0 radical (unpaired) electrons. The summed E-state index contributed by atoms with van der Waals surface area (Å²) in [5.74, 6) is -7.26. The van der Waals surface area contributed by atoms with Crippen molar-refractivity contribution in [3.05, 3.63) is 88.6 Å². The maximum Gasteiger partial charge on any atom is 0.433 e. The van der Waals surface area contributed by atoms with Crippen LogP contribution in [-0.2, 0) is 25.4 Å². The van der Waals surface area contributed by atoms with Crippen LogP contribution in [0.1, 0.15) is 43.9 Å².